The Morgan fingerprint density at radius 1 is 1.00 bits per heavy atom. The first-order valence-electron chi connectivity index (χ1n) is 0. The van der Waals surface area contributed by atoms with Crippen molar-refractivity contribution in [1.82, 2.24) is 0 Å². The van der Waals surface area contributed by atoms with Gasteiger partial charge in [-0.15, -0.1) is 0 Å². The maximum atomic E-state index is 0. The van der Waals surface area contributed by atoms with Gasteiger partial charge in [0.25, 0.3) is 0 Å². The minimum absolute atomic E-state index is 0. The first-order valence-corrected chi connectivity index (χ1v) is 0. The van der Waals surface area contributed by atoms with Crippen molar-refractivity contribution in [3.8, 4) is 0 Å². The summed E-state index contributed by atoms with van der Waals surface area (Å²) in [4.78, 5) is 0. The van der Waals surface area contributed by atoms with Crippen LogP contribution in [0.3, 0.4) is 0 Å². The minimum atomic E-state index is 0. The van der Waals surface area contributed by atoms with E-state index in [2.05, 4.69) is 0 Å². The average Bonchev–Trinajstić information content (AvgIpc) is 0. The van der Waals surface area contributed by atoms with Crippen LogP contribution in [0.25, 0.3) is 0 Å². The first-order chi connectivity index (χ1) is 0. The normalized spacial score (nSPS) is 0. The van der Waals surface area contributed by atoms with Gasteiger partial charge in [0.2, 0.25) is 0 Å². The molecule has 0 saturated carbocycles. The summed E-state index contributed by atoms with van der Waals surface area (Å²) in [6, 6.07) is 0. The maximum absolute atomic E-state index is 0. The number of hydrogen-bond acceptors (Lipinski definition) is 0. The summed E-state index contributed by atoms with van der Waals surface area (Å²) in [7, 11) is 0. The van der Waals surface area contributed by atoms with Crippen LogP contribution in [0.5, 0.6) is 0 Å². The van der Waals surface area contributed by atoms with E-state index in [0.29, 0.717) is 0 Å². The second-order valence-corrected chi connectivity index (χ2v) is 0. The third-order valence-corrected chi connectivity index (χ3v) is 0. The van der Waals surface area contributed by atoms with Gasteiger partial charge in [-0.05, 0) is 0 Å². The Bertz CT molecular complexity index is 8.00. The molecular formula is H6BaCdPbSr. The third kappa shape index (κ3) is 10.0. The van der Waals surface area contributed by atoms with Gasteiger partial charge in [0, 0.05) is 27.3 Å². The third-order valence-electron chi connectivity index (χ3n) is 0. The van der Waals surface area contributed by atoms with Crippen molar-refractivity contribution in [2.45, 2.75) is 0 Å². The molecule has 0 unspecified atom stereocenters. The van der Waals surface area contributed by atoms with Crippen molar-refractivity contribution in [1.29, 1.82) is 0 Å². The summed E-state index contributed by atoms with van der Waals surface area (Å²) in [5.41, 5.74) is 0. The second kappa shape index (κ2) is 15.7. The van der Waals surface area contributed by atoms with Gasteiger partial charge in [-0.3, -0.25) is 0 Å². The Kier molecular flexibility index (Phi) is 90.6. The van der Waals surface area contributed by atoms with Crippen LogP contribution in [-0.2, 0) is 27.3 Å². The van der Waals surface area contributed by atoms with Crippen LogP contribution >= 0.6 is 0 Å². The van der Waals surface area contributed by atoms with Gasteiger partial charge in [-0.2, -0.15) is 0 Å². The number of rotatable bonds is 0. The molecule has 0 spiro atoms. The van der Waals surface area contributed by atoms with Crippen LogP contribution in [0.15, 0.2) is 0 Å². The van der Waals surface area contributed by atoms with Crippen LogP contribution in [-0.4, -0.2) is 122 Å². The fourth-order valence-electron chi connectivity index (χ4n) is 0. The van der Waals surface area contributed by atoms with Crippen molar-refractivity contribution >= 4 is 122 Å². The van der Waals surface area contributed by atoms with E-state index in [1.54, 1.807) is 0 Å². The van der Waals surface area contributed by atoms with Crippen LogP contribution in [0.4, 0.5) is 0 Å². The molecule has 0 aliphatic heterocycles. The van der Waals surface area contributed by atoms with Crippen LogP contribution in [0, 0.1) is 0 Å². The van der Waals surface area contributed by atoms with Crippen molar-refractivity contribution in [3.63, 3.8) is 0 Å². The Hall–Kier alpha value is 4.90. The fraction of sp³-hybridized carbons (Fsp3) is 0. The molecule has 0 aromatic heterocycles. The van der Waals surface area contributed by atoms with Gasteiger partial charge in [0.15, 0.2) is 0 Å². The Labute approximate surface area is 144 Å². The van der Waals surface area contributed by atoms with E-state index in [9.17, 15) is 0 Å². The Morgan fingerprint density at radius 3 is 1.00 bits per heavy atom. The van der Waals surface area contributed by atoms with Gasteiger partial charge in [0.05, 0.1) is 0 Å². The molecule has 0 saturated heterocycles. The fourth-order valence-corrected chi connectivity index (χ4v) is 0. The van der Waals surface area contributed by atoms with E-state index in [-0.39, 0.29) is 149 Å². The molecular weight excluding hydrogens is 545 g/mol. The van der Waals surface area contributed by atoms with Crippen LogP contribution in [0.1, 0.15) is 0 Å². The van der Waals surface area contributed by atoms with E-state index in [1.165, 1.54) is 0 Å². The topological polar surface area (TPSA) is 0 Å². The van der Waals surface area contributed by atoms with Gasteiger partial charge in [-0.1, -0.05) is 0 Å². The van der Waals surface area contributed by atoms with Gasteiger partial charge in [-0.25, -0.2) is 0 Å². The first kappa shape index (κ1) is 23.1. The molecule has 0 aromatic rings. The summed E-state index contributed by atoms with van der Waals surface area (Å²) < 4.78 is 0. The zero-order valence-electron chi connectivity index (χ0n) is 1.41. The van der Waals surface area contributed by atoms with Gasteiger partial charge < -0.3 is 0 Å². The average molecular weight is 551 g/mol. The molecule has 0 fully saturated rings. The molecule has 0 N–H and O–H groups in total. The predicted octanol–water partition coefficient (Wildman–Crippen LogP) is -2.75. The zero-order valence-corrected chi connectivity index (χ0v) is 10.9. The quantitative estimate of drug-likeness (QED) is 0.287. The molecule has 0 nitrogen and oxygen atoms in total. The predicted molar refractivity (Wildman–Crippen MR) is 25.6 cm³/mol. The van der Waals surface area contributed by atoms with Crippen molar-refractivity contribution in [2.75, 3.05) is 0 Å². The van der Waals surface area contributed by atoms with E-state index in [1.807, 2.05) is 0 Å². The summed E-state index contributed by atoms with van der Waals surface area (Å²) in [5.74, 6) is 0. The van der Waals surface area contributed by atoms with E-state index in [0.717, 1.165) is 0 Å². The van der Waals surface area contributed by atoms with Crippen molar-refractivity contribution in [2.24, 2.45) is 0 Å². The van der Waals surface area contributed by atoms with Crippen LogP contribution < -0.4 is 0 Å². The molecule has 0 amide bonds. The number of hydrogen-bond donors (Lipinski definition) is 0. The van der Waals surface area contributed by atoms with E-state index < -0.39 is 0 Å². The summed E-state index contributed by atoms with van der Waals surface area (Å²) in [5, 5.41) is 0. The van der Waals surface area contributed by atoms with E-state index >= 15 is 0 Å². The molecule has 0 aliphatic rings. The van der Waals surface area contributed by atoms with Gasteiger partial charge >= 0.3 is 122 Å². The molecule has 16 valence electrons. The summed E-state index contributed by atoms with van der Waals surface area (Å²) in [6.07, 6.45) is 0. The Morgan fingerprint density at radius 2 is 1.00 bits per heavy atom. The SMILES string of the molecule is [BaH2].[Cd].[PbH2].[SrH2]. The standard InChI is InChI=1S/Ba.Cd.Pb.Sr.6H. The molecule has 0 rings (SSSR count). The molecule has 0 aliphatic carbocycles. The molecule has 4 heavy (non-hydrogen) atoms. The van der Waals surface area contributed by atoms with Crippen LogP contribution in [0.2, 0.25) is 0 Å². The molecule has 0 aromatic carbocycles. The van der Waals surface area contributed by atoms with E-state index in [4.69, 9.17) is 0 Å². The second-order valence-electron chi connectivity index (χ2n) is 0. The van der Waals surface area contributed by atoms with Crippen molar-refractivity contribution < 1.29 is 27.3 Å². The monoisotopic (exact) mass is 554 g/mol. The molecule has 0 heterocycles. The molecule has 0 atom stereocenters. The summed E-state index contributed by atoms with van der Waals surface area (Å²) in [6.45, 7) is 0. The molecule has 2 radical (unpaired) electrons. The molecule has 0 bridgehead atoms. The van der Waals surface area contributed by atoms with Gasteiger partial charge in [0.1, 0.15) is 0 Å². The summed E-state index contributed by atoms with van der Waals surface area (Å²) >= 11 is 0. The Balaban J connectivity index is 0. The molecule has 4 heteroatoms. The van der Waals surface area contributed by atoms with Crippen molar-refractivity contribution in [3.05, 3.63) is 0 Å². The zero-order chi connectivity index (χ0) is 0.